The highest BCUT2D eigenvalue weighted by molar-refractivity contribution is 6.34. The van der Waals surface area contributed by atoms with E-state index in [1.807, 2.05) is 29.8 Å². The third-order valence-corrected chi connectivity index (χ3v) is 6.54. The molecule has 0 radical (unpaired) electrons. The highest BCUT2D eigenvalue weighted by Crippen LogP contribution is 2.28. The summed E-state index contributed by atoms with van der Waals surface area (Å²) in [5.74, 6) is -0.225. The van der Waals surface area contributed by atoms with Gasteiger partial charge in [0.05, 0.1) is 29.5 Å². The first kappa shape index (κ1) is 22.9. The summed E-state index contributed by atoms with van der Waals surface area (Å²) in [6.45, 7) is 8.66. The van der Waals surface area contributed by atoms with Gasteiger partial charge in [-0.05, 0) is 67.1 Å². The van der Waals surface area contributed by atoms with Gasteiger partial charge in [0.15, 0.2) is 0 Å². The van der Waals surface area contributed by atoms with E-state index in [1.54, 1.807) is 6.07 Å². The molecule has 0 spiro atoms. The number of aryl methyl sites for hydroxylation is 2. The molecule has 1 aromatic heterocycles. The number of hydrogen-bond acceptors (Lipinski definition) is 2. The van der Waals surface area contributed by atoms with Crippen molar-refractivity contribution in [1.29, 1.82) is 0 Å². The molecule has 2 aromatic carbocycles. The fourth-order valence-corrected chi connectivity index (χ4v) is 4.66. The van der Waals surface area contributed by atoms with E-state index in [1.165, 1.54) is 17.5 Å². The number of fused-ring (bicyclic) bond motifs is 1. The fourth-order valence-electron chi connectivity index (χ4n) is 4.14. The molecule has 0 saturated carbocycles. The van der Waals surface area contributed by atoms with E-state index in [-0.39, 0.29) is 17.2 Å². The van der Waals surface area contributed by atoms with Crippen molar-refractivity contribution in [3.05, 3.63) is 80.6 Å². The van der Waals surface area contributed by atoms with Crippen LogP contribution in [0.5, 0.6) is 0 Å². The molecule has 1 amide bonds. The van der Waals surface area contributed by atoms with Gasteiger partial charge >= 0.3 is 0 Å². The minimum atomic E-state index is -0.222. The monoisotopic (exact) mass is 469 g/mol. The Kier molecular flexibility index (Phi) is 6.37. The Morgan fingerprint density at radius 3 is 2.44 bits per heavy atom. The van der Waals surface area contributed by atoms with Gasteiger partial charge in [0.2, 0.25) is 5.91 Å². The number of carbonyl (C=O) groups is 1. The Morgan fingerprint density at radius 1 is 1.06 bits per heavy atom. The molecule has 1 unspecified atom stereocenters. The molecule has 1 heterocycles. The second-order valence-electron chi connectivity index (χ2n) is 9.63. The number of benzene rings is 2. The van der Waals surface area contributed by atoms with Gasteiger partial charge in [-0.15, -0.1) is 0 Å². The topological polar surface area (TPSA) is 46.9 Å². The summed E-state index contributed by atoms with van der Waals surface area (Å²) < 4.78 is 1.82. The van der Waals surface area contributed by atoms with Crippen molar-refractivity contribution < 1.29 is 4.79 Å². The van der Waals surface area contributed by atoms with Crippen molar-refractivity contribution in [3.8, 4) is 5.69 Å². The molecule has 4 nitrogen and oxygen atoms in total. The van der Waals surface area contributed by atoms with Gasteiger partial charge in [0, 0.05) is 15.5 Å². The molecule has 0 saturated heterocycles. The van der Waals surface area contributed by atoms with Crippen LogP contribution in [0.1, 0.15) is 68.1 Å². The number of halogens is 2. The summed E-state index contributed by atoms with van der Waals surface area (Å²) in [6, 6.07) is 13.8. The summed E-state index contributed by atoms with van der Waals surface area (Å²) in [4.78, 5) is 13.0. The minimum Gasteiger partial charge on any atom is -0.350 e. The van der Waals surface area contributed by atoms with E-state index in [4.69, 9.17) is 28.3 Å². The van der Waals surface area contributed by atoms with Crippen molar-refractivity contribution in [1.82, 2.24) is 15.1 Å². The summed E-state index contributed by atoms with van der Waals surface area (Å²) in [5, 5.41) is 8.99. The van der Waals surface area contributed by atoms with Crippen LogP contribution in [0.25, 0.3) is 5.69 Å². The highest BCUT2D eigenvalue weighted by Gasteiger charge is 2.23. The van der Waals surface area contributed by atoms with Crippen molar-refractivity contribution in [2.45, 2.75) is 64.8 Å². The van der Waals surface area contributed by atoms with Crippen LogP contribution < -0.4 is 5.32 Å². The predicted molar refractivity (Wildman–Crippen MR) is 131 cm³/mol. The van der Waals surface area contributed by atoms with Crippen LogP contribution >= 0.6 is 23.2 Å². The summed E-state index contributed by atoms with van der Waals surface area (Å²) in [5.41, 5.74) is 6.31. The molecule has 3 aromatic rings. The molecular weight excluding hydrogens is 441 g/mol. The molecule has 1 N–H and O–H groups in total. The summed E-state index contributed by atoms with van der Waals surface area (Å²) in [6.07, 6.45) is 3.45. The SMILES string of the molecule is CC(C(=O)NCc1cc(C(C)(C)C)nn1-c1cc(Cl)cc(Cl)c1)c1ccc2c(c1)CCC2. The van der Waals surface area contributed by atoms with Crippen LogP contribution in [0.2, 0.25) is 10.0 Å². The Hall–Kier alpha value is -2.30. The van der Waals surface area contributed by atoms with Crippen LogP contribution in [0.15, 0.2) is 42.5 Å². The van der Waals surface area contributed by atoms with Gasteiger partial charge in [-0.1, -0.05) is 62.2 Å². The van der Waals surface area contributed by atoms with E-state index in [2.05, 4.69) is 44.3 Å². The van der Waals surface area contributed by atoms with Gasteiger partial charge in [-0.25, -0.2) is 4.68 Å². The zero-order valence-electron chi connectivity index (χ0n) is 19.0. The lowest BCUT2D eigenvalue weighted by molar-refractivity contribution is -0.122. The lowest BCUT2D eigenvalue weighted by Gasteiger charge is -2.15. The second kappa shape index (κ2) is 8.92. The lowest BCUT2D eigenvalue weighted by atomic mass is 9.92. The molecule has 0 aliphatic heterocycles. The van der Waals surface area contributed by atoms with Gasteiger partial charge in [-0.3, -0.25) is 4.79 Å². The third-order valence-electron chi connectivity index (χ3n) is 6.10. The normalized spacial score (nSPS) is 14.3. The number of hydrogen-bond donors (Lipinski definition) is 1. The maximum atomic E-state index is 13.0. The summed E-state index contributed by atoms with van der Waals surface area (Å²) in [7, 11) is 0. The Morgan fingerprint density at radius 2 is 1.75 bits per heavy atom. The highest BCUT2D eigenvalue weighted by atomic mass is 35.5. The molecule has 32 heavy (non-hydrogen) atoms. The fraction of sp³-hybridized carbons (Fsp3) is 0.385. The number of nitrogens with one attached hydrogen (secondary N) is 1. The van der Waals surface area contributed by atoms with Crippen LogP contribution in [0, 0.1) is 0 Å². The third kappa shape index (κ3) is 4.87. The average molecular weight is 470 g/mol. The van der Waals surface area contributed by atoms with Gasteiger partial charge in [-0.2, -0.15) is 5.10 Å². The Bertz CT molecular complexity index is 1140. The number of amides is 1. The van der Waals surface area contributed by atoms with E-state index in [0.717, 1.165) is 35.5 Å². The van der Waals surface area contributed by atoms with Gasteiger partial charge < -0.3 is 5.32 Å². The zero-order chi connectivity index (χ0) is 23.0. The van der Waals surface area contributed by atoms with E-state index in [9.17, 15) is 4.79 Å². The molecule has 1 aliphatic rings. The zero-order valence-corrected chi connectivity index (χ0v) is 20.5. The smallest absolute Gasteiger partial charge is 0.227 e. The molecule has 0 bridgehead atoms. The number of nitrogens with zero attached hydrogens (tertiary/aromatic N) is 2. The Labute approximate surface area is 199 Å². The van der Waals surface area contributed by atoms with Crippen LogP contribution in [0.4, 0.5) is 0 Å². The van der Waals surface area contributed by atoms with Crippen molar-refractivity contribution in [3.63, 3.8) is 0 Å². The van der Waals surface area contributed by atoms with Crippen molar-refractivity contribution in [2.24, 2.45) is 0 Å². The van der Waals surface area contributed by atoms with Crippen LogP contribution in [0.3, 0.4) is 0 Å². The molecule has 4 rings (SSSR count). The second-order valence-corrected chi connectivity index (χ2v) is 10.5. The molecule has 0 fully saturated rings. The van der Waals surface area contributed by atoms with Gasteiger partial charge in [0.25, 0.3) is 0 Å². The predicted octanol–water partition coefficient (Wildman–Crippen LogP) is 6.39. The number of carbonyl (C=O) groups excluding carboxylic acids is 1. The first-order valence-corrected chi connectivity index (χ1v) is 11.8. The summed E-state index contributed by atoms with van der Waals surface area (Å²) >= 11 is 12.5. The van der Waals surface area contributed by atoms with E-state index >= 15 is 0 Å². The Balaban J connectivity index is 1.56. The van der Waals surface area contributed by atoms with E-state index in [0.29, 0.717) is 16.6 Å². The van der Waals surface area contributed by atoms with Crippen molar-refractivity contribution in [2.75, 3.05) is 0 Å². The maximum Gasteiger partial charge on any atom is 0.227 e. The minimum absolute atomic E-state index is 0.00266. The largest absolute Gasteiger partial charge is 0.350 e. The van der Waals surface area contributed by atoms with Crippen LogP contribution in [-0.2, 0) is 29.6 Å². The molecule has 6 heteroatoms. The molecule has 1 atom stereocenters. The van der Waals surface area contributed by atoms with E-state index < -0.39 is 0 Å². The first-order valence-electron chi connectivity index (χ1n) is 11.1. The quantitative estimate of drug-likeness (QED) is 0.470. The molecule has 168 valence electrons. The molecule has 1 aliphatic carbocycles. The molecular formula is C26H29Cl2N3O. The lowest BCUT2D eigenvalue weighted by Crippen LogP contribution is -2.28. The number of rotatable bonds is 5. The average Bonchev–Trinajstić information content (AvgIpc) is 3.36. The standard InChI is InChI=1S/C26H29Cl2N3O/c1-16(18-9-8-17-6-5-7-19(17)10-18)25(32)29-15-23-14-24(26(2,3)4)30-31(23)22-12-20(27)11-21(28)13-22/h8-14,16H,5-7,15H2,1-4H3,(H,29,32). The van der Waals surface area contributed by atoms with Crippen LogP contribution in [-0.4, -0.2) is 15.7 Å². The van der Waals surface area contributed by atoms with Crippen molar-refractivity contribution >= 4 is 29.1 Å². The maximum absolute atomic E-state index is 13.0. The number of aromatic nitrogens is 2. The first-order chi connectivity index (χ1) is 15.1. The van der Waals surface area contributed by atoms with Gasteiger partial charge in [0.1, 0.15) is 0 Å².